The van der Waals surface area contributed by atoms with Gasteiger partial charge in [0.05, 0.1) is 16.5 Å². The Bertz CT molecular complexity index is 1940. The van der Waals surface area contributed by atoms with Crippen LogP contribution in [0.4, 0.5) is 14.6 Å². The van der Waals surface area contributed by atoms with Crippen molar-refractivity contribution in [2.75, 3.05) is 37.7 Å². The summed E-state index contributed by atoms with van der Waals surface area (Å²) in [6, 6.07) is 6.27. The topological polar surface area (TPSA) is 113 Å². The predicted molar refractivity (Wildman–Crippen MR) is 171 cm³/mol. The van der Waals surface area contributed by atoms with Crippen molar-refractivity contribution in [2.24, 2.45) is 0 Å². The van der Waals surface area contributed by atoms with Crippen LogP contribution in [-0.2, 0) is 9.53 Å². The van der Waals surface area contributed by atoms with Gasteiger partial charge in [-0.05, 0) is 68.7 Å². The van der Waals surface area contributed by atoms with Gasteiger partial charge >= 0.3 is 6.01 Å². The summed E-state index contributed by atoms with van der Waals surface area (Å²) < 4.78 is 43.2. The number of hydrogen-bond acceptors (Lipinski definition) is 10. The first kappa shape index (κ1) is 29.8. The van der Waals surface area contributed by atoms with Gasteiger partial charge in [0.25, 0.3) is 6.47 Å². The number of anilines is 1. The second-order valence-corrected chi connectivity index (χ2v) is 13.1. The second-order valence-electron chi connectivity index (χ2n) is 13.1. The number of phenols is 1. The number of pyridine rings is 1. The number of carbonyl (C=O) groups excluding carboxylic acids is 1. The molecule has 2 bridgehead atoms. The molecule has 2 aromatic carbocycles. The third kappa shape index (κ3) is 5.00. The van der Waals surface area contributed by atoms with Gasteiger partial charge in [-0.15, -0.1) is 6.42 Å². The number of nitrogens with one attached hydrogen (secondary N) is 1. The highest BCUT2D eigenvalue weighted by atomic mass is 19.1. The standard InChI is InChI=1S/C35H34F2N6O4/c1-2-25-28(36)7-4-20-12-24(45)13-26(29(20)25)31-30(37)32-27(14-38-31)33(42-15-21-5-6-22(16-42)39-21)41-34(40-32)47-18-35-9-3-11-43(35)23(8-10-35)17-46-19-44/h1,4,7,12-14,19,21-23,39,45H,3,5-6,8-11,15-18H2. The Morgan fingerprint density at radius 3 is 2.77 bits per heavy atom. The van der Waals surface area contributed by atoms with Crippen molar-refractivity contribution >= 4 is 34.0 Å². The number of ether oxygens (including phenoxy) is 2. The quantitative estimate of drug-likeness (QED) is 0.214. The number of fused-ring (bicyclic) bond motifs is 5. The van der Waals surface area contributed by atoms with Crippen LogP contribution in [0.5, 0.6) is 11.8 Å². The van der Waals surface area contributed by atoms with Crippen LogP contribution in [0.25, 0.3) is 32.9 Å². The van der Waals surface area contributed by atoms with E-state index in [0.717, 1.165) is 45.1 Å². The Morgan fingerprint density at radius 1 is 1.15 bits per heavy atom. The number of aromatic hydroxyl groups is 1. The maximum Gasteiger partial charge on any atom is 0.319 e. The summed E-state index contributed by atoms with van der Waals surface area (Å²) in [5, 5.41) is 15.3. The summed E-state index contributed by atoms with van der Waals surface area (Å²) in [6.07, 6.45) is 13.0. The molecule has 47 heavy (non-hydrogen) atoms. The molecule has 4 atom stereocenters. The first-order valence-electron chi connectivity index (χ1n) is 16.1. The summed E-state index contributed by atoms with van der Waals surface area (Å²) in [4.78, 5) is 29.4. The smallest absolute Gasteiger partial charge is 0.319 e. The minimum Gasteiger partial charge on any atom is -0.508 e. The Morgan fingerprint density at radius 2 is 1.98 bits per heavy atom. The van der Waals surface area contributed by atoms with Gasteiger partial charge in [0, 0.05) is 48.4 Å². The van der Waals surface area contributed by atoms with Crippen LogP contribution in [0.1, 0.15) is 44.1 Å². The van der Waals surface area contributed by atoms with E-state index in [1.165, 1.54) is 30.5 Å². The fourth-order valence-corrected chi connectivity index (χ4v) is 8.38. The molecule has 4 aliphatic rings. The molecule has 0 spiro atoms. The van der Waals surface area contributed by atoms with Gasteiger partial charge in [0.2, 0.25) is 0 Å². The molecule has 0 amide bonds. The molecule has 242 valence electrons. The van der Waals surface area contributed by atoms with E-state index >= 15 is 4.39 Å². The van der Waals surface area contributed by atoms with E-state index in [1.54, 1.807) is 0 Å². The van der Waals surface area contributed by atoms with Gasteiger partial charge in [-0.1, -0.05) is 12.0 Å². The normalized spacial score (nSPS) is 25.3. The Balaban J connectivity index is 1.23. The number of benzene rings is 2. The lowest BCUT2D eigenvalue weighted by molar-refractivity contribution is -0.130. The van der Waals surface area contributed by atoms with Crippen molar-refractivity contribution in [1.29, 1.82) is 0 Å². The van der Waals surface area contributed by atoms with Gasteiger partial charge in [0.1, 0.15) is 41.8 Å². The van der Waals surface area contributed by atoms with Crippen molar-refractivity contribution in [2.45, 2.75) is 62.2 Å². The fraction of sp³-hybridized carbons (Fsp3) is 0.429. The van der Waals surface area contributed by atoms with Crippen molar-refractivity contribution in [3.05, 3.63) is 47.7 Å². The zero-order chi connectivity index (χ0) is 32.3. The lowest BCUT2D eigenvalue weighted by Crippen LogP contribution is -2.51. The summed E-state index contributed by atoms with van der Waals surface area (Å²) >= 11 is 0. The third-order valence-corrected chi connectivity index (χ3v) is 10.5. The molecule has 2 N–H and O–H groups in total. The zero-order valence-corrected chi connectivity index (χ0v) is 25.7. The van der Waals surface area contributed by atoms with Crippen molar-refractivity contribution in [3.8, 4) is 35.4 Å². The first-order valence-corrected chi connectivity index (χ1v) is 16.1. The monoisotopic (exact) mass is 640 g/mol. The average Bonchev–Trinajstić information content (AvgIpc) is 3.75. The van der Waals surface area contributed by atoms with E-state index in [9.17, 15) is 14.3 Å². The molecule has 6 heterocycles. The Labute approximate surface area is 270 Å². The lowest BCUT2D eigenvalue weighted by atomic mass is 9.95. The van der Waals surface area contributed by atoms with E-state index in [4.69, 9.17) is 20.9 Å². The summed E-state index contributed by atoms with van der Waals surface area (Å²) in [5.74, 6) is 1.41. The summed E-state index contributed by atoms with van der Waals surface area (Å²) in [6.45, 7) is 3.41. The number of rotatable bonds is 8. The molecule has 0 aliphatic carbocycles. The number of terminal acetylenes is 1. The molecule has 0 saturated carbocycles. The molecule has 10 nitrogen and oxygen atoms in total. The van der Waals surface area contributed by atoms with Gasteiger partial charge < -0.3 is 24.8 Å². The largest absolute Gasteiger partial charge is 0.508 e. The van der Waals surface area contributed by atoms with E-state index < -0.39 is 11.6 Å². The molecule has 0 radical (unpaired) electrons. The molecular weight excluding hydrogens is 606 g/mol. The highest BCUT2D eigenvalue weighted by Crippen LogP contribution is 2.43. The minimum absolute atomic E-state index is 0.0143. The minimum atomic E-state index is -0.749. The van der Waals surface area contributed by atoms with E-state index in [2.05, 4.69) is 31.0 Å². The van der Waals surface area contributed by atoms with Crippen molar-refractivity contribution in [3.63, 3.8) is 0 Å². The average molecular weight is 641 g/mol. The molecule has 4 aliphatic heterocycles. The number of aromatic nitrogens is 3. The van der Waals surface area contributed by atoms with Crippen molar-refractivity contribution in [1.82, 2.24) is 25.2 Å². The number of nitrogens with zero attached hydrogens (tertiary/aromatic N) is 5. The van der Waals surface area contributed by atoms with Crippen LogP contribution < -0.4 is 15.0 Å². The van der Waals surface area contributed by atoms with Crippen LogP contribution in [0, 0.1) is 24.0 Å². The van der Waals surface area contributed by atoms with Crippen LogP contribution in [0.3, 0.4) is 0 Å². The fourth-order valence-electron chi connectivity index (χ4n) is 8.38. The van der Waals surface area contributed by atoms with E-state index in [0.29, 0.717) is 61.4 Å². The van der Waals surface area contributed by atoms with Gasteiger partial charge in [-0.2, -0.15) is 9.97 Å². The molecule has 12 heteroatoms. The third-order valence-electron chi connectivity index (χ3n) is 10.5. The summed E-state index contributed by atoms with van der Waals surface area (Å²) in [7, 11) is 0. The Kier molecular flexibility index (Phi) is 7.33. The van der Waals surface area contributed by atoms with Gasteiger partial charge in [-0.25, -0.2) is 8.78 Å². The molecule has 4 unspecified atom stereocenters. The zero-order valence-electron chi connectivity index (χ0n) is 25.7. The van der Waals surface area contributed by atoms with Crippen molar-refractivity contribution < 1.29 is 28.2 Å². The first-order chi connectivity index (χ1) is 22.9. The molecule has 4 aromatic rings. The number of phenolic OH excluding ortho intramolecular Hbond substituents is 1. The highest BCUT2D eigenvalue weighted by molar-refractivity contribution is 6.03. The number of piperazine rings is 1. The van der Waals surface area contributed by atoms with E-state index in [1.807, 2.05) is 0 Å². The predicted octanol–water partition coefficient (Wildman–Crippen LogP) is 4.30. The van der Waals surface area contributed by atoms with Crippen LogP contribution >= 0.6 is 0 Å². The van der Waals surface area contributed by atoms with Gasteiger partial charge in [0.15, 0.2) is 5.82 Å². The number of carbonyl (C=O) groups is 1. The summed E-state index contributed by atoms with van der Waals surface area (Å²) in [5.41, 5.74) is -0.242. The molecule has 2 aromatic heterocycles. The molecule has 4 saturated heterocycles. The molecular formula is C35H34F2N6O4. The van der Waals surface area contributed by atoms with Gasteiger partial charge in [-0.3, -0.25) is 14.7 Å². The molecule has 8 rings (SSSR count). The van der Waals surface area contributed by atoms with Crippen LogP contribution in [-0.4, -0.2) is 87.9 Å². The Hall–Kier alpha value is -4.60. The lowest BCUT2D eigenvalue weighted by Gasteiger charge is -2.35. The maximum atomic E-state index is 16.9. The second kappa shape index (κ2) is 11.6. The van der Waals surface area contributed by atoms with E-state index in [-0.39, 0.29) is 51.1 Å². The number of hydrogen-bond donors (Lipinski definition) is 2. The number of halogens is 2. The SMILES string of the molecule is C#Cc1c(F)ccc2cc(O)cc(-c3ncc4c(N5CC6CCC(C5)N6)nc(OCC56CCCN5C(COC=O)CC6)nc4c3F)c12. The van der Waals surface area contributed by atoms with Crippen LogP contribution in [0.15, 0.2) is 30.5 Å². The maximum absolute atomic E-state index is 16.9. The molecule has 4 fully saturated rings. The highest BCUT2D eigenvalue weighted by Gasteiger charge is 2.50. The van der Waals surface area contributed by atoms with Crippen LogP contribution in [0.2, 0.25) is 0 Å².